The van der Waals surface area contributed by atoms with E-state index in [0.29, 0.717) is 18.1 Å². The number of hydrogen-bond acceptors (Lipinski definition) is 4. The molecule has 0 atom stereocenters. The van der Waals surface area contributed by atoms with Gasteiger partial charge in [0.05, 0.1) is 12.4 Å². The van der Waals surface area contributed by atoms with Crippen LogP contribution in [0.2, 0.25) is 0 Å². The molecule has 0 amide bonds. The standard InChI is InChI=1S/C9H14O3S/c1-5-11-9(10)8(3)12-7(2)6-13-4/h2-3,5-6H2,1,4H3. The summed E-state index contributed by atoms with van der Waals surface area (Å²) in [6.07, 6.45) is 1.92. The summed E-state index contributed by atoms with van der Waals surface area (Å²) in [5.41, 5.74) is 0. The summed E-state index contributed by atoms with van der Waals surface area (Å²) in [5.74, 6) is 0.592. The maximum atomic E-state index is 11.0. The van der Waals surface area contributed by atoms with Crippen LogP contribution in [0.4, 0.5) is 0 Å². The van der Waals surface area contributed by atoms with E-state index >= 15 is 0 Å². The number of ether oxygens (including phenoxy) is 2. The SMILES string of the molecule is C=C(CSC)OC(=C)C(=O)OCC. The van der Waals surface area contributed by atoms with E-state index in [4.69, 9.17) is 4.74 Å². The van der Waals surface area contributed by atoms with E-state index in [1.54, 1.807) is 18.7 Å². The van der Waals surface area contributed by atoms with Crippen molar-refractivity contribution in [3.63, 3.8) is 0 Å². The van der Waals surface area contributed by atoms with Gasteiger partial charge in [0.1, 0.15) is 5.76 Å². The highest BCUT2D eigenvalue weighted by Crippen LogP contribution is 2.08. The third-order valence-corrected chi connectivity index (χ3v) is 1.69. The Morgan fingerprint density at radius 1 is 1.46 bits per heavy atom. The minimum absolute atomic E-state index is 0.0131. The lowest BCUT2D eigenvalue weighted by Crippen LogP contribution is -2.09. The van der Waals surface area contributed by atoms with Gasteiger partial charge in [-0.15, -0.1) is 0 Å². The molecule has 74 valence electrons. The summed E-state index contributed by atoms with van der Waals surface area (Å²) < 4.78 is 9.69. The van der Waals surface area contributed by atoms with Crippen LogP contribution in [0, 0.1) is 0 Å². The largest absolute Gasteiger partial charge is 0.460 e. The molecule has 0 aromatic carbocycles. The van der Waals surface area contributed by atoms with Gasteiger partial charge in [0.25, 0.3) is 0 Å². The highest BCUT2D eigenvalue weighted by molar-refractivity contribution is 7.98. The van der Waals surface area contributed by atoms with Crippen LogP contribution in [0.1, 0.15) is 6.92 Å². The zero-order valence-electron chi connectivity index (χ0n) is 7.96. The van der Waals surface area contributed by atoms with Crippen LogP contribution >= 0.6 is 11.8 Å². The Bertz CT molecular complexity index is 211. The highest BCUT2D eigenvalue weighted by Gasteiger charge is 2.09. The first-order valence-electron chi connectivity index (χ1n) is 3.82. The van der Waals surface area contributed by atoms with Crippen LogP contribution < -0.4 is 0 Å². The Labute approximate surface area is 82.8 Å². The van der Waals surface area contributed by atoms with Crippen molar-refractivity contribution in [3.8, 4) is 0 Å². The molecule has 0 aliphatic rings. The molecular weight excluding hydrogens is 188 g/mol. The first-order chi connectivity index (χ1) is 6.11. The lowest BCUT2D eigenvalue weighted by Gasteiger charge is -2.08. The van der Waals surface area contributed by atoms with Crippen molar-refractivity contribution in [2.75, 3.05) is 18.6 Å². The number of rotatable bonds is 6. The van der Waals surface area contributed by atoms with Crippen LogP contribution in [0.5, 0.6) is 0 Å². The molecule has 0 unspecified atom stereocenters. The second-order valence-electron chi connectivity index (χ2n) is 2.22. The summed E-state index contributed by atoms with van der Waals surface area (Å²) in [5, 5.41) is 0. The second kappa shape index (κ2) is 6.60. The van der Waals surface area contributed by atoms with E-state index in [1.807, 2.05) is 6.26 Å². The van der Waals surface area contributed by atoms with Gasteiger partial charge in [-0.25, -0.2) is 4.79 Å². The van der Waals surface area contributed by atoms with Crippen LogP contribution in [-0.4, -0.2) is 24.6 Å². The van der Waals surface area contributed by atoms with Gasteiger partial charge in [-0.3, -0.25) is 0 Å². The van der Waals surface area contributed by atoms with Crippen molar-refractivity contribution in [2.45, 2.75) is 6.92 Å². The topological polar surface area (TPSA) is 35.5 Å². The summed E-state index contributed by atoms with van der Waals surface area (Å²) in [6, 6.07) is 0. The fourth-order valence-corrected chi connectivity index (χ4v) is 0.999. The van der Waals surface area contributed by atoms with Crippen molar-refractivity contribution in [1.29, 1.82) is 0 Å². The zero-order chi connectivity index (χ0) is 10.3. The maximum Gasteiger partial charge on any atom is 0.373 e. The highest BCUT2D eigenvalue weighted by atomic mass is 32.2. The van der Waals surface area contributed by atoms with Gasteiger partial charge in [-0.1, -0.05) is 6.58 Å². The van der Waals surface area contributed by atoms with E-state index in [9.17, 15) is 4.79 Å². The van der Waals surface area contributed by atoms with Gasteiger partial charge in [-0.2, -0.15) is 11.8 Å². The Hall–Kier alpha value is -0.900. The molecule has 3 nitrogen and oxygen atoms in total. The lowest BCUT2D eigenvalue weighted by molar-refractivity contribution is -0.141. The van der Waals surface area contributed by atoms with Gasteiger partial charge < -0.3 is 9.47 Å². The molecule has 0 N–H and O–H groups in total. The Morgan fingerprint density at radius 2 is 2.08 bits per heavy atom. The van der Waals surface area contributed by atoms with E-state index < -0.39 is 5.97 Å². The van der Waals surface area contributed by atoms with Gasteiger partial charge in [0, 0.05) is 0 Å². The van der Waals surface area contributed by atoms with Gasteiger partial charge in [0.2, 0.25) is 5.76 Å². The summed E-state index contributed by atoms with van der Waals surface area (Å²) in [7, 11) is 0. The first kappa shape index (κ1) is 12.1. The Kier molecular flexibility index (Phi) is 6.14. The van der Waals surface area contributed by atoms with Crippen molar-refractivity contribution in [3.05, 3.63) is 24.7 Å². The summed E-state index contributed by atoms with van der Waals surface area (Å²) >= 11 is 1.56. The predicted molar refractivity (Wildman–Crippen MR) is 54.4 cm³/mol. The smallest absolute Gasteiger partial charge is 0.373 e. The molecule has 0 aliphatic carbocycles. The number of esters is 1. The van der Waals surface area contributed by atoms with E-state index in [0.717, 1.165) is 0 Å². The molecule has 0 aromatic heterocycles. The third kappa shape index (κ3) is 5.36. The van der Waals surface area contributed by atoms with Crippen molar-refractivity contribution < 1.29 is 14.3 Å². The molecule has 4 heteroatoms. The maximum absolute atomic E-state index is 11.0. The fourth-order valence-electron chi connectivity index (χ4n) is 0.618. The van der Waals surface area contributed by atoms with Crippen LogP contribution in [0.25, 0.3) is 0 Å². The summed E-state index contributed by atoms with van der Waals surface area (Å²) in [4.78, 5) is 11.0. The molecule has 0 saturated heterocycles. The Morgan fingerprint density at radius 3 is 2.54 bits per heavy atom. The molecule has 0 heterocycles. The minimum atomic E-state index is -0.537. The first-order valence-corrected chi connectivity index (χ1v) is 5.21. The fraction of sp³-hybridized carbons (Fsp3) is 0.444. The van der Waals surface area contributed by atoms with E-state index in [-0.39, 0.29) is 5.76 Å². The normalized spacial score (nSPS) is 9.08. The van der Waals surface area contributed by atoms with Crippen LogP contribution in [-0.2, 0) is 14.3 Å². The molecule has 0 saturated carbocycles. The molecule has 0 aromatic rings. The monoisotopic (exact) mass is 202 g/mol. The molecular formula is C9H14O3S. The second-order valence-corrected chi connectivity index (χ2v) is 3.08. The van der Waals surface area contributed by atoms with Crippen molar-refractivity contribution in [2.24, 2.45) is 0 Å². The molecule has 0 radical (unpaired) electrons. The molecule has 0 bridgehead atoms. The minimum Gasteiger partial charge on any atom is -0.460 e. The quantitative estimate of drug-likeness (QED) is 0.375. The molecule has 0 fully saturated rings. The summed E-state index contributed by atoms with van der Waals surface area (Å²) in [6.45, 7) is 9.08. The zero-order valence-corrected chi connectivity index (χ0v) is 8.78. The van der Waals surface area contributed by atoms with Crippen LogP contribution in [0.3, 0.4) is 0 Å². The lowest BCUT2D eigenvalue weighted by atomic mass is 10.5. The average Bonchev–Trinajstić information content (AvgIpc) is 2.05. The van der Waals surface area contributed by atoms with Crippen molar-refractivity contribution >= 4 is 17.7 Å². The van der Waals surface area contributed by atoms with Gasteiger partial charge >= 0.3 is 5.97 Å². The van der Waals surface area contributed by atoms with E-state index in [2.05, 4.69) is 17.9 Å². The molecule has 0 rings (SSSR count). The van der Waals surface area contributed by atoms with E-state index in [1.165, 1.54) is 0 Å². The predicted octanol–water partition coefficient (Wildman–Crippen LogP) is 1.96. The van der Waals surface area contributed by atoms with Gasteiger partial charge in [-0.05, 0) is 19.8 Å². The number of thioether (sulfide) groups is 1. The average molecular weight is 202 g/mol. The van der Waals surface area contributed by atoms with Crippen LogP contribution in [0.15, 0.2) is 24.7 Å². The Balaban J connectivity index is 3.86. The molecule has 0 spiro atoms. The number of hydrogen-bond donors (Lipinski definition) is 0. The molecule has 0 aliphatic heterocycles. The number of carbonyl (C=O) groups excluding carboxylic acids is 1. The third-order valence-electron chi connectivity index (χ3n) is 1.08. The molecule has 13 heavy (non-hydrogen) atoms. The number of carbonyl (C=O) groups is 1. The van der Waals surface area contributed by atoms with Crippen molar-refractivity contribution in [1.82, 2.24) is 0 Å². The van der Waals surface area contributed by atoms with Gasteiger partial charge in [0.15, 0.2) is 0 Å².